The van der Waals surface area contributed by atoms with Crippen molar-refractivity contribution in [1.29, 1.82) is 0 Å². The monoisotopic (exact) mass is 244 g/mol. The van der Waals surface area contributed by atoms with Gasteiger partial charge < -0.3 is 9.47 Å². The van der Waals surface area contributed by atoms with Gasteiger partial charge in [-0.25, -0.2) is 0 Å². The molecule has 1 heterocycles. The number of hydrogen-bond acceptors (Lipinski definition) is 2. The average molecular weight is 244 g/mol. The third-order valence-corrected chi connectivity index (χ3v) is 3.24. The minimum absolute atomic E-state index is 0.0754. The van der Waals surface area contributed by atoms with E-state index in [4.69, 9.17) is 9.47 Å². The Morgan fingerprint density at radius 1 is 1.39 bits per heavy atom. The molecule has 2 rings (SSSR count). The van der Waals surface area contributed by atoms with Crippen LogP contribution in [0.25, 0.3) is 0 Å². The highest BCUT2D eigenvalue weighted by molar-refractivity contribution is 5.30. The first-order valence-electron chi connectivity index (χ1n) is 6.40. The molecule has 0 aromatic heterocycles. The Morgan fingerprint density at radius 3 is 2.72 bits per heavy atom. The molecule has 0 radical (unpaired) electrons. The van der Waals surface area contributed by atoms with Gasteiger partial charge in [0.15, 0.2) is 6.29 Å². The second-order valence-corrected chi connectivity index (χ2v) is 4.47. The topological polar surface area (TPSA) is 18.5 Å². The molecule has 1 aromatic carbocycles. The van der Waals surface area contributed by atoms with Gasteiger partial charge in [0.2, 0.25) is 0 Å². The van der Waals surface area contributed by atoms with E-state index in [1.54, 1.807) is 0 Å². The fourth-order valence-corrected chi connectivity index (χ4v) is 2.28. The van der Waals surface area contributed by atoms with Gasteiger partial charge in [0, 0.05) is 12.2 Å². The van der Waals surface area contributed by atoms with Gasteiger partial charge in [0.25, 0.3) is 0 Å². The van der Waals surface area contributed by atoms with E-state index in [9.17, 15) is 0 Å². The Labute approximate surface area is 109 Å². The van der Waals surface area contributed by atoms with Crippen LogP contribution < -0.4 is 0 Å². The quantitative estimate of drug-likeness (QED) is 0.796. The van der Waals surface area contributed by atoms with Gasteiger partial charge in [0.1, 0.15) is 0 Å². The summed E-state index contributed by atoms with van der Waals surface area (Å²) in [5, 5.41) is 0. The highest BCUT2D eigenvalue weighted by Crippen LogP contribution is 2.35. The summed E-state index contributed by atoms with van der Waals surface area (Å²) in [6.07, 6.45) is 2.53. The van der Waals surface area contributed by atoms with E-state index in [0.717, 1.165) is 12.0 Å². The van der Waals surface area contributed by atoms with E-state index in [2.05, 4.69) is 25.6 Å². The molecule has 0 aliphatic carbocycles. The third-order valence-electron chi connectivity index (χ3n) is 3.24. The molecule has 0 fully saturated rings. The molecule has 0 spiro atoms. The predicted molar refractivity (Wildman–Crippen MR) is 73.2 cm³/mol. The molecule has 0 saturated heterocycles. The molecule has 0 amide bonds. The zero-order valence-corrected chi connectivity index (χ0v) is 11.1. The summed E-state index contributed by atoms with van der Waals surface area (Å²) < 4.78 is 11.7. The summed E-state index contributed by atoms with van der Waals surface area (Å²) in [6, 6.07) is 10.3. The molecule has 2 atom stereocenters. The normalized spacial score (nSPS) is 24.1. The molecule has 0 unspecified atom stereocenters. The predicted octanol–water partition coefficient (Wildman–Crippen LogP) is 4.01. The lowest BCUT2D eigenvalue weighted by atomic mass is 9.95. The number of hydrogen-bond donors (Lipinski definition) is 0. The highest BCUT2D eigenvalue weighted by atomic mass is 16.7. The molecular weight excluding hydrogens is 224 g/mol. The maximum Gasteiger partial charge on any atom is 0.184 e. The number of rotatable bonds is 4. The van der Waals surface area contributed by atoms with Gasteiger partial charge in [-0.05, 0) is 25.8 Å². The largest absolute Gasteiger partial charge is 0.349 e. The standard InChI is InChI=1S/C16H20O2/c1-4-14-12(3)11-15(18-16(14)17-5-2)13-9-7-6-8-10-13/h4,6-10,15-16H,1,5,11H2,2-3H3/t15-,16-/m0/s1. The summed E-state index contributed by atoms with van der Waals surface area (Å²) in [5.74, 6) is 0. The molecule has 0 saturated carbocycles. The lowest BCUT2D eigenvalue weighted by Gasteiger charge is -2.32. The van der Waals surface area contributed by atoms with Crippen molar-refractivity contribution in [2.45, 2.75) is 32.7 Å². The van der Waals surface area contributed by atoms with Crippen molar-refractivity contribution >= 4 is 0 Å². The minimum atomic E-state index is -0.286. The van der Waals surface area contributed by atoms with Crippen molar-refractivity contribution < 1.29 is 9.47 Å². The van der Waals surface area contributed by atoms with Gasteiger partial charge in [-0.2, -0.15) is 0 Å². The van der Waals surface area contributed by atoms with E-state index >= 15 is 0 Å². The molecule has 1 aromatic rings. The second kappa shape index (κ2) is 5.98. The summed E-state index contributed by atoms with van der Waals surface area (Å²) in [6.45, 7) is 8.59. The van der Waals surface area contributed by atoms with Crippen LogP contribution in [-0.4, -0.2) is 12.9 Å². The molecular formula is C16H20O2. The van der Waals surface area contributed by atoms with Crippen molar-refractivity contribution in [3.63, 3.8) is 0 Å². The zero-order chi connectivity index (χ0) is 13.0. The van der Waals surface area contributed by atoms with E-state index in [-0.39, 0.29) is 12.4 Å². The Morgan fingerprint density at radius 2 is 2.11 bits per heavy atom. The van der Waals surface area contributed by atoms with Crippen LogP contribution in [0.5, 0.6) is 0 Å². The molecule has 1 aliphatic rings. The lowest BCUT2D eigenvalue weighted by Crippen LogP contribution is -2.27. The van der Waals surface area contributed by atoms with Crippen molar-refractivity contribution in [3.8, 4) is 0 Å². The lowest BCUT2D eigenvalue weighted by molar-refractivity contribution is -0.153. The summed E-state index contributed by atoms with van der Waals surface area (Å²) >= 11 is 0. The summed E-state index contributed by atoms with van der Waals surface area (Å²) in [4.78, 5) is 0. The van der Waals surface area contributed by atoms with Crippen molar-refractivity contribution in [2.24, 2.45) is 0 Å². The molecule has 0 bridgehead atoms. The first-order valence-corrected chi connectivity index (χ1v) is 6.40. The molecule has 1 aliphatic heterocycles. The first-order chi connectivity index (χ1) is 8.76. The van der Waals surface area contributed by atoms with Crippen LogP contribution in [0.4, 0.5) is 0 Å². The van der Waals surface area contributed by atoms with Crippen LogP contribution in [0, 0.1) is 0 Å². The van der Waals surface area contributed by atoms with Gasteiger partial charge in [-0.1, -0.05) is 48.6 Å². The van der Waals surface area contributed by atoms with Gasteiger partial charge in [0.05, 0.1) is 6.10 Å². The van der Waals surface area contributed by atoms with Gasteiger partial charge in [-0.15, -0.1) is 0 Å². The maximum absolute atomic E-state index is 6.04. The Kier molecular flexibility index (Phi) is 4.34. The van der Waals surface area contributed by atoms with Crippen molar-refractivity contribution in [3.05, 3.63) is 59.7 Å². The third kappa shape index (κ3) is 2.71. The molecule has 18 heavy (non-hydrogen) atoms. The fraction of sp³-hybridized carbons (Fsp3) is 0.375. The molecule has 96 valence electrons. The molecule has 2 heteroatoms. The van der Waals surface area contributed by atoms with Crippen molar-refractivity contribution in [2.75, 3.05) is 6.61 Å². The molecule has 0 N–H and O–H groups in total. The second-order valence-electron chi connectivity index (χ2n) is 4.47. The minimum Gasteiger partial charge on any atom is -0.349 e. The highest BCUT2D eigenvalue weighted by Gasteiger charge is 2.27. The van der Waals surface area contributed by atoms with E-state index in [0.29, 0.717) is 6.61 Å². The average Bonchev–Trinajstić information content (AvgIpc) is 2.40. The van der Waals surface area contributed by atoms with Crippen LogP contribution >= 0.6 is 0 Å². The van der Waals surface area contributed by atoms with Crippen molar-refractivity contribution in [1.82, 2.24) is 0 Å². The van der Waals surface area contributed by atoms with Gasteiger partial charge >= 0.3 is 0 Å². The number of ether oxygens (including phenoxy) is 2. The summed E-state index contributed by atoms with van der Waals surface area (Å²) in [5.41, 5.74) is 3.57. The zero-order valence-electron chi connectivity index (χ0n) is 11.1. The van der Waals surface area contributed by atoms with E-state index in [1.807, 2.05) is 31.2 Å². The molecule has 2 nitrogen and oxygen atoms in total. The van der Waals surface area contributed by atoms with E-state index in [1.165, 1.54) is 11.1 Å². The van der Waals surface area contributed by atoms with Crippen LogP contribution in [0.15, 0.2) is 54.1 Å². The smallest absolute Gasteiger partial charge is 0.184 e. The number of benzene rings is 1. The van der Waals surface area contributed by atoms with Crippen LogP contribution in [0.1, 0.15) is 31.9 Å². The Balaban J connectivity index is 2.24. The fourth-order valence-electron chi connectivity index (χ4n) is 2.28. The Bertz CT molecular complexity index is 434. The van der Waals surface area contributed by atoms with E-state index < -0.39 is 0 Å². The SMILES string of the molecule is C=CC1=C(C)C[C@@H](c2ccccc2)O[C@@H]1OCC. The van der Waals surface area contributed by atoms with Gasteiger partial charge in [-0.3, -0.25) is 0 Å². The Hall–Kier alpha value is -1.38. The van der Waals surface area contributed by atoms with Crippen LogP contribution in [-0.2, 0) is 9.47 Å². The summed E-state index contributed by atoms with van der Waals surface area (Å²) in [7, 11) is 0. The van der Waals surface area contributed by atoms with Crippen LogP contribution in [0.3, 0.4) is 0 Å². The van der Waals surface area contributed by atoms with Crippen LogP contribution in [0.2, 0.25) is 0 Å². The maximum atomic E-state index is 6.04. The first kappa shape index (κ1) is 13.1.